The van der Waals surface area contributed by atoms with Crippen molar-refractivity contribution >= 4 is 22.9 Å². The summed E-state index contributed by atoms with van der Waals surface area (Å²) in [6.45, 7) is 7.55. The van der Waals surface area contributed by atoms with Gasteiger partial charge in [0.25, 0.3) is 0 Å². The molecule has 0 amide bonds. The smallest absolute Gasteiger partial charge is 0.121 e. The Kier molecular flexibility index (Phi) is 9.54. The second kappa shape index (κ2) is 13.3. The number of rotatable bonds is 10. The van der Waals surface area contributed by atoms with Crippen LogP contribution in [0.4, 0.5) is 0 Å². The molecule has 0 radical (unpaired) electrons. The highest BCUT2D eigenvalue weighted by Gasteiger charge is 2.46. The van der Waals surface area contributed by atoms with Crippen molar-refractivity contribution in [2.45, 2.75) is 71.2 Å². The average molecular weight is 561 g/mol. The Balaban J connectivity index is 1.44. The van der Waals surface area contributed by atoms with Gasteiger partial charge in [0.2, 0.25) is 0 Å². The zero-order valence-electron chi connectivity index (χ0n) is 22.9. The van der Waals surface area contributed by atoms with Crippen LogP contribution < -0.4 is 0 Å². The molecule has 1 aliphatic rings. The highest BCUT2D eigenvalue weighted by Crippen LogP contribution is 2.44. The number of hydrogen-bond donors (Lipinski definition) is 0. The first kappa shape index (κ1) is 28.1. The van der Waals surface area contributed by atoms with Gasteiger partial charge >= 0.3 is 0 Å². The van der Waals surface area contributed by atoms with Gasteiger partial charge in [-0.2, -0.15) is 0 Å². The second-order valence-electron chi connectivity index (χ2n) is 10.5. The minimum Gasteiger partial charge on any atom is -0.370 e. The first-order chi connectivity index (χ1) is 19.0. The summed E-state index contributed by atoms with van der Waals surface area (Å²) in [6.07, 6.45) is 1.11. The van der Waals surface area contributed by atoms with Crippen molar-refractivity contribution in [2.75, 3.05) is 0 Å². The van der Waals surface area contributed by atoms with Crippen molar-refractivity contribution < 1.29 is 14.2 Å². The molecule has 0 N–H and O–H groups in total. The standard InChI is InChI=1S/C34H37ClO3S/c1-4-29-24(3)31(36-21-26-11-7-5-8-12-26)33(37-22-27-13-9-6-10-14-27)32(38-29)30-20-28(34(35)39-30)19-25-17-15-23(2)16-18-25/h5-18,20,24,29,31-33H,4,19,21-22H2,1-3H3/t24-,29-,31+,32+,33-/m1/s1. The number of aryl methyl sites for hydroxylation is 1. The van der Waals surface area contributed by atoms with E-state index in [1.165, 1.54) is 11.1 Å². The molecule has 3 aromatic carbocycles. The van der Waals surface area contributed by atoms with Crippen LogP contribution in [0.25, 0.3) is 0 Å². The molecule has 0 bridgehead atoms. The summed E-state index contributed by atoms with van der Waals surface area (Å²) in [4.78, 5) is 1.10. The molecule has 204 valence electrons. The topological polar surface area (TPSA) is 27.7 Å². The Hall–Kier alpha value is -2.47. The Morgan fingerprint density at radius 2 is 1.38 bits per heavy atom. The zero-order valence-corrected chi connectivity index (χ0v) is 24.5. The average Bonchev–Trinajstić information content (AvgIpc) is 3.33. The van der Waals surface area contributed by atoms with Crippen molar-refractivity contribution in [3.8, 4) is 0 Å². The third-order valence-electron chi connectivity index (χ3n) is 7.59. The molecular weight excluding hydrogens is 524 g/mol. The molecule has 5 heteroatoms. The van der Waals surface area contributed by atoms with Gasteiger partial charge in [0.15, 0.2) is 0 Å². The van der Waals surface area contributed by atoms with Crippen LogP contribution in [-0.2, 0) is 33.8 Å². The summed E-state index contributed by atoms with van der Waals surface area (Å²) in [7, 11) is 0. The van der Waals surface area contributed by atoms with E-state index in [9.17, 15) is 0 Å². The Labute approximate surface area is 241 Å². The fourth-order valence-electron chi connectivity index (χ4n) is 5.35. The molecule has 5 rings (SSSR count). The van der Waals surface area contributed by atoms with Crippen LogP contribution in [0.5, 0.6) is 0 Å². The Bertz CT molecular complexity index is 1310. The minimum absolute atomic E-state index is 0.0637. The summed E-state index contributed by atoms with van der Waals surface area (Å²) in [5.41, 5.74) is 5.91. The van der Waals surface area contributed by atoms with E-state index >= 15 is 0 Å². The molecule has 0 unspecified atom stereocenters. The van der Waals surface area contributed by atoms with E-state index in [0.717, 1.165) is 38.7 Å². The van der Waals surface area contributed by atoms with Gasteiger partial charge in [-0.1, -0.05) is 116 Å². The fourth-order valence-corrected chi connectivity index (χ4v) is 6.71. The molecule has 4 aromatic rings. The van der Waals surface area contributed by atoms with E-state index in [1.807, 2.05) is 24.3 Å². The van der Waals surface area contributed by atoms with Crippen LogP contribution in [0.15, 0.2) is 91.0 Å². The first-order valence-corrected chi connectivity index (χ1v) is 15.0. The summed E-state index contributed by atoms with van der Waals surface area (Å²) in [5.74, 6) is 0.179. The van der Waals surface area contributed by atoms with E-state index in [-0.39, 0.29) is 30.3 Å². The van der Waals surface area contributed by atoms with Gasteiger partial charge in [-0.15, -0.1) is 11.3 Å². The van der Waals surface area contributed by atoms with E-state index in [1.54, 1.807) is 11.3 Å². The van der Waals surface area contributed by atoms with Crippen molar-refractivity contribution in [3.63, 3.8) is 0 Å². The van der Waals surface area contributed by atoms with Crippen molar-refractivity contribution in [1.29, 1.82) is 0 Å². The number of halogens is 1. The summed E-state index contributed by atoms with van der Waals surface area (Å²) >= 11 is 8.44. The highest BCUT2D eigenvalue weighted by molar-refractivity contribution is 7.16. The lowest BCUT2D eigenvalue weighted by Crippen LogP contribution is -2.51. The maximum Gasteiger partial charge on any atom is 0.121 e. The molecular formula is C34H37ClO3S. The third-order valence-corrected chi connectivity index (χ3v) is 9.09. The van der Waals surface area contributed by atoms with Crippen LogP contribution in [0.1, 0.15) is 59.1 Å². The normalized spacial score (nSPS) is 23.1. The highest BCUT2D eigenvalue weighted by atomic mass is 35.5. The predicted molar refractivity (Wildman–Crippen MR) is 160 cm³/mol. The SMILES string of the molecule is CC[C@H]1O[C@@H](c2cc(Cc3ccc(C)cc3)c(Cl)s2)[C@H](OCc2ccccc2)[C@@H](OCc2ccccc2)[C@@H]1C. The molecule has 1 aliphatic heterocycles. The van der Waals surface area contributed by atoms with Crippen molar-refractivity contribution in [2.24, 2.45) is 5.92 Å². The molecule has 5 atom stereocenters. The molecule has 0 spiro atoms. The summed E-state index contributed by atoms with van der Waals surface area (Å²) < 4.78 is 21.0. The molecule has 1 fully saturated rings. The van der Waals surface area contributed by atoms with Crippen LogP contribution in [-0.4, -0.2) is 18.3 Å². The molecule has 3 nitrogen and oxygen atoms in total. The van der Waals surface area contributed by atoms with Crippen LogP contribution in [0.2, 0.25) is 4.34 Å². The van der Waals surface area contributed by atoms with Gasteiger partial charge in [0.1, 0.15) is 12.2 Å². The second-order valence-corrected chi connectivity index (χ2v) is 12.2. The van der Waals surface area contributed by atoms with Crippen LogP contribution in [0, 0.1) is 12.8 Å². The molecule has 0 saturated carbocycles. The Morgan fingerprint density at radius 3 is 1.97 bits per heavy atom. The first-order valence-electron chi connectivity index (χ1n) is 13.8. The van der Waals surface area contributed by atoms with E-state index in [0.29, 0.717) is 13.2 Å². The number of thiophene rings is 1. The number of hydrogen-bond acceptors (Lipinski definition) is 4. The minimum atomic E-state index is -0.270. The summed E-state index contributed by atoms with van der Waals surface area (Å²) in [5, 5.41) is 0. The largest absolute Gasteiger partial charge is 0.370 e. The fraction of sp³-hybridized carbons (Fsp3) is 0.353. The van der Waals surface area contributed by atoms with Gasteiger partial charge in [0.05, 0.1) is 29.8 Å². The van der Waals surface area contributed by atoms with E-state index in [2.05, 4.69) is 87.5 Å². The molecule has 1 saturated heterocycles. The lowest BCUT2D eigenvalue weighted by molar-refractivity contribution is -0.234. The van der Waals surface area contributed by atoms with Crippen LogP contribution >= 0.6 is 22.9 Å². The van der Waals surface area contributed by atoms with Gasteiger partial charge < -0.3 is 14.2 Å². The molecule has 39 heavy (non-hydrogen) atoms. The van der Waals surface area contributed by atoms with E-state index in [4.69, 9.17) is 25.8 Å². The van der Waals surface area contributed by atoms with Crippen molar-refractivity contribution in [3.05, 3.63) is 128 Å². The van der Waals surface area contributed by atoms with Gasteiger partial charge in [-0.25, -0.2) is 0 Å². The van der Waals surface area contributed by atoms with Crippen LogP contribution in [0.3, 0.4) is 0 Å². The van der Waals surface area contributed by atoms with E-state index < -0.39 is 0 Å². The molecule has 0 aliphatic carbocycles. The number of ether oxygens (including phenoxy) is 3. The van der Waals surface area contributed by atoms with Crippen molar-refractivity contribution in [1.82, 2.24) is 0 Å². The molecule has 2 heterocycles. The monoisotopic (exact) mass is 560 g/mol. The van der Waals surface area contributed by atoms with Gasteiger partial charge in [-0.05, 0) is 48.1 Å². The quantitative estimate of drug-likeness (QED) is 0.194. The molecule has 1 aromatic heterocycles. The maximum absolute atomic E-state index is 6.83. The van der Waals surface area contributed by atoms with Gasteiger partial charge in [-0.3, -0.25) is 0 Å². The third kappa shape index (κ3) is 7.00. The zero-order chi connectivity index (χ0) is 27.2. The van der Waals surface area contributed by atoms with Gasteiger partial charge in [0, 0.05) is 10.8 Å². The maximum atomic E-state index is 6.83. The lowest BCUT2D eigenvalue weighted by Gasteiger charge is -2.45. The number of benzene rings is 3. The predicted octanol–water partition coefficient (Wildman–Crippen LogP) is 8.96. The summed E-state index contributed by atoms with van der Waals surface area (Å²) in [6, 6.07) is 31.5. The Morgan fingerprint density at radius 1 is 0.795 bits per heavy atom. The lowest BCUT2D eigenvalue weighted by atomic mass is 9.86.